The van der Waals surface area contributed by atoms with Gasteiger partial charge >= 0.3 is 0 Å². The Kier molecular flexibility index (Phi) is 5.69. The number of halogens is 3. The molecule has 0 aromatic heterocycles. The summed E-state index contributed by atoms with van der Waals surface area (Å²) < 4.78 is 54.2. The van der Waals surface area contributed by atoms with E-state index in [1.807, 2.05) is 19.1 Å². The van der Waals surface area contributed by atoms with Gasteiger partial charge in [-0.2, -0.15) is 4.39 Å². The third kappa shape index (κ3) is 3.77. The largest absolute Gasteiger partial charge is 0.491 e. The van der Waals surface area contributed by atoms with Crippen LogP contribution in [0.4, 0.5) is 13.2 Å². The molecular weight excluding hydrogens is 353 g/mol. The highest BCUT2D eigenvalue weighted by molar-refractivity contribution is 5.90. The number of rotatable bonds is 6. The lowest BCUT2D eigenvalue weighted by Gasteiger charge is -2.12. The van der Waals surface area contributed by atoms with E-state index in [9.17, 15) is 13.2 Å². The molecule has 5 heteroatoms. The van der Waals surface area contributed by atoms with Crippen LogP contribution in [-0.4, -0.2) is 13.2 Å². The summed E-state index contributed by atoms with van der Waals surface area (Å²) in [6, 6.07) is 11.2. The van der Waals surface area contributed by atoms with Gasteiger partial charge in [0.05, 0.1) is 12.0 Å². The molecule has 0 radical (unpaired) electrons. The van der Waals surface area contributed by atoms with Crippen LogP contribution >= 0.6 is 0 Å². The van der Waals surface area contributed by atoms with E-state index in [0.29, 0.717) is 17.9 Å². The van der Waals surface area contributed by atoms with Crippen molar-refractivity contribution in [1.82, 2.24) is 0 Å². The molecule has 0 saturated carbocycles. The summed E-state index contributed by atoms with van der Waals surface area (Å²) >= 11 is 0. The van der Waals surface area contributed by atoms with Crippen molar-refractivity contribution in [2.45, 2.75) is 13.8 Å². The Hall–Kier alpha value is -2.95. The summed E-state index contributed by atoms with van der Waals surface area (Å²) in [5.41, 5.74) is 0.728. The van der Waals surface area contributed by atoms with Crippen molar-refractivity contribution >= 4 is 10.8 Å². The van der Waals surface area contributed by atoms with E-state index in [-0.39, 0.29) is 28.7 Å². The number of hydrogen-bond acceptors (Lipinski definition) is 2. The molecule has 0 heterocycles. The highest BCUT2D eigenvalue weighted by Gasteiger charge is 2.20. The fourth-order valence-electron chi connectivity index (χ4n) is 2.81. The predicted molar refractivity (Wildman–Crippen MR) is 101 cm³/mol. The first kappa shape index (κ1) is 18.8. The van der Waals surface area contributed by atoms with Crippen LogP contribution in [0, 0.1) is 17.5 Å². The molecule has 0 atom stereocenters. The Morgan fingerprint density at radius 3 is 2.30 bits per heavy atom. The number of benzene rings is 3. The van der Waals surface area contributed by atoms with E-state index in [0.717, 1.165) is 0 Å². The lowest BCUT2D eigenvalue weighted by Crippen LogP contribution is -2.00. The predicted octanol–water partition coefficient (Wildman–Crippen LogP) is 6.28. The van der Waals surface area contributed by atoms with Gasteiger partial charge in [0.2, 0.25) is 5.82 Å². The minimum atomic E-state index is -1.25. The fraction of sp³-hybridized carbons (Fsp3) is 0.182. The zero-order chi connectivity index (χ0) is 19.4. The molecule has 0 fully saturated rings. The van der Waals surface area contributed by atoms with Crippen LogP contribution < -0.4 is 9.47 Å². The Morgan fingerprint density at radius 2 is 1.63 bits per heavy atom. The van der Waals surface area contributed by atoms with Crippen LogP contribution in [0.3, 0.4) is 0 Å². The van der Waals surface area contributed by atoms with Gasteiger partial charge in [0.25, 0.3) is 0 Å². The van der Waals surface area contributed by atoms with Gasteiger partial charge < -0.3 is 9.47 Å². The maximum Gasteiger partial charge on any atom is 0.201 e. The molecule has 0 bridgehead atoms. The summed E-state index contributed by atoms with van der Waals surface area (Å²) in [5, 5.41) is -0.147. The van der Waals surface area contributed by atoms with Crippen molar-refractivity contribution in [3.05, 3.63) is 72.1 Å². The molecule has 0 unspecified atom stereocenters. The highest BCUT2D eigenvalue weighted by atomic mass is 19.2. The minimum absolute atomic E-state index is 0.185. The summed E-state index contributed by atoms with van der Waals surface area (Å²) in [5.74, 6) is -2.84. The molecule has 0 aliphatic carbocycles. The van der Waals surface area contributed by atoms with Crippen molar-refractivity contribution < 1.29 is 22.6 Å². The van der Waals surface area contributed by atoms with Gasteiger partial charge in [-0.15, -0.1) is 0 Å². The van der Waals surface area contributed by atoms with Crippen molar-refractivity contribution in [3.63, 3.8) is 0 Å². The average molecular weight is 372 g/mol. The molecule has 140 valence electrons. The van der Waals surface area contributed by atoms with Crippen molar-refractivity contribution in [1.29, 1.82) is 0 Å². The van der Waals surface area contributed by atoms with E-state index < -0.39 is 17.5 Å². The van der Waals surface area contributed by atoms with Gasteiger partial charge in [0.1, 0.15) is 18.2 Å². The first-order chi connectivity index (χ1) is 13.1. The molecular formula is C22H19F3O2. The first-order valence-electron chi connectivity index (χ1n) is 8.64. The molecule has 0 spiro atoms. The Bertz CT molecular complexity index is 979. The van der Waals surface area contributed by atoms with Crippen LogP contribution in [0.5, 0.6) is 11.5 Å². The Balaban J connectivity index is 2.02. The molecule has 2 nitrogen and oxygen atoms in total. The summed E-state index contributed by atoms with van der Waals surface area (Å²) in [7, 11) is 0. The molecule has 0 amide bonds. The van der Waals surface area contributed by atoms with Crippen LogP contribution in [-0.2, 0) is 0 Å². The maximum absolute atomic E-state index is 15.0. The second-order valence-electron chi connectivity index (χ2n) is 5.87. The highest BCUT2D eigenvalue weighted by Crippen LogP contribution is 2.35. The second kappa shape index (κ2) is 8.16. The van der Waals surface area contributed by atoms with Gasteiger partial charge in [-0.1, -0.05) is 36.4 Å². The normalized spacial score (nSPS) is 11.3. The smallest absolute Gasteiger partial charge is 0.201 e. The molecule has 27 heavy (non-hydrogen) atoms. The Labute approximate surface area is 155 Å². The number of ether oxygens (including phenoxy) is 2. The van der Waals surface area contributed by atoms with Crippen LogP contribution in [0.15, 0.2) is 54.6 Å². The van der Waals surface area contributed by atoms with Gasteiger partial charge in [-0.3, -0.25) is 0 Å². The van der Waals surface area contributed by atoms with Gasteiger partial charge in [-0.05, 0) is 43.0 Å². The van der Waals surface area contributed by atoms with Crippen LogP contribution in [0.1, 0.15) is 13.8 Å². The van der Waals surface area contributed by atoms with E-state index in [1.54, 1.807) is 43.3 Å². The van der Waals surface area contributed by atoms with Gasteiger partial charge in [0, 0.05) is 5.56 Å². The zero-order valence-corrected chi connectivity index (χ0v) is 15.1. The molecule has 0 aliphatic heterocycles. The Morgan fingerprint density at radius 1 is 0.889 bits per heavy atom. The number of allylic oxidation sites excluding steroid dienone is 1. The second-order valence-corrected chi connectivity index (χ2v) is 5.87. The fourth-order valence-corrected chi connectivity index (χ4v) is 2.81. The molecule has 0 aliphatic rings. The topological polar surface area (TPSA) is 18.5 Å². The number of fused-ring (bicyclic) bond motifs is 1. The number of hydrogen-bond donors (Lipinski definition) is 0. The summed E-state index contributed by atoms with van der Waals surface area (Å²) in [4.78, 5) is 0. The molecule has 0 saturated heterocycles. The SMILES string of the molecule is CC=CCOc1ccc(-c2ccc3cc(OCC)c(F)c(F)c3c2F)cc1. The third-order valence-corrected chi connectivity index (χ3v) is 4.14. The van der Waals surface area contributed by atoms with E-state index >= 15 is 0 Å². The zero-order valence-electron chi connectivity index (χ0n) is 15.1. The van der Waals surface area contributed by atoms with Gasteiger partial charge in [0.15, 0.2) is 11.6 Å². The minimum Gasteiger partial charge on any atom is -0.491 e. The average Bonchev–Trinajstić information content (AvgIpc) is 2.67. The maximum atomic E-state index is 15.0. The molecule has 3 rings (SSSR count). The lowest BCUT2D eigenvalue weighted by atomic mass is 9.99. The molecule has 3 aromatic rings. The molecule has 0 N–H and O–H groups in total. The van der Waals surface area contributed by atoms with E-state index in [1.165, 1.54) is 6.07 Å². The van der Waals surface area contributed by atoms with Crippen molar-refractivity contribution in [2.75, 3.05) is 13.2 Å². The van der Waals surface area contributed by atoms with Gasteiger partial charge in [-0.25, -0.2) is 8.78 Å². The summed E-state index contributed by atoms with van der Waals surface area (Å²) in [6.07, 6.45) is 3.74. The standard InChI is InChI=1S/C22H19F3O2/c1-3-5-12-27-16-9-6-14(7-10-16)17-11-8-15-13-18(26-4-2)21(24)22(25)19(15)20(17)23/h3,5-11,13H,4,12H2,1-2H3. The molecule has 3 aromatic carbocycles. The lowest BCUT2D eigenvalue weighted by molar-refractivity contribution is 0.315. The van der Waals surface area contributed by atoms with E-state index in [2.05, 4.69) is 0 Å². The van der Waals surface area contributed by atoms with Crippen LogP contribution in [0.2, 0.25) is 0 Å². The summed E-state index contributed by atoms with van der Waals surface area (Å²) in [6.45, 7) is 4.18. The van der Waals surface area contributed by atoms with Crippen molar-refractivity contribution in [2.24, 2.45) is 0 Å². The monoisotopic (exact) mass is 372 g/mol. The third-order valence-electron chi connectivity index (χ3n) is 4.14. The van der Waals surface area contributed by atoms with Crippen molar-refractivity contribution in [3.8, 4) is 22.6 Å². The quantitative estimate of drug-likeness (QED) is 0.474. The van der Waals surface area contributed by atoms with Crippen LogP contribution in [0.25, 0.3) is 21.9 Å². The van der Waals surface area contributed by atoms with E-state index in [4.69, 9.17) is 9.47 Å². The first-order valence-corrected chi connectivity index (χ1v) is 8.64.